The molecule has 2 rings (SSSR count). The average Bonchev–Trinajstić information content (AvgIpc) is 2.37. The lowest BCUT2D eigenvalue weighted by Crippen LogP contribution is -2.49. The van der Waals surface area contributed by atoms with Gasteiger partial charge in [0, 0.05) is 36.2 Å². The molecule has 20 heavy (non-hydrogen) atoms. The van der Waals surface area contributed by atoms with Gasteiger partial charge >= 0.3 is 0 Å². The number of rotatable bonds is 4. The summed E-state index contributed by atoms with van der Waals surface area (Å²) < 4.78 is 0. The highest BCUT2D eigenvalue weighted by Gasteiger charge is 2.33. The number of hydrogen-bond donors (Lipinski definition) is 1. The molecule has 1 saturated heterocycles. The zero-order valence-electron chi connectivity index (χ0n) is 14.1. The lowest BCUT2D eigenvalue weighted by molar-refractivity contribution is 0.124. The van der Waals surface area contributed by atoms with Crippen LogP contribution in [0.5, 0.6) is 0 Å². The summed E-state index contributed by atoms with van der Waals surface area (Å²) in [6.07, 6.45) is 4.22. The van der Waals surface area contributed by atoms with Crippen molar-refractivity contribution < 1.29 is 0 Å². The van der Waals surface area contributed by atoms with Crippen LogP contribution in [0.1, 0.15) is 47.0 Å². The first-order valence-corrected chi connectivity index (χ1v) is 9.49. The topological polar surface area (TPSA) is 15.3 Å². The van der Waals surface area contributed by atoms with E-state index in [0.29, 0.717) is 0 Å². The number of hydrogen-bond acceptors (Lipinski definition) is 3. The molecule has 0 aromatic rings. The molecule has 1 aliphatic heterocycles. The maximum Gasteiger partial charge on any atom is 0.0149 e. The fourth-order valence-corrected chi connectivity index (χ4v) is 5.64. The third-order valence-electron chi connectivity index (χ3n) is 5.32. The van der Waals surface area contributed by atoms with E-state index in [0.717, 1.165) is 34.3 Å². The van der Waals surface area contributed by atoms with Gasteiger partial charge in [-0.2, -0.15) is 11.8 Å². The van der Waals surface area contributed by atoms with Gasteiger partial charge in [0.2, 0.25) is 0 Å². The Morgan fingerprint density at radius 2 is 1.80 bits per heavy atom. The third kappa shape index (κ3) is 4.38. The van der Waals surface area contributed by atoms with Crippen LogP contribution >= 0.6 is 11.8 Å². The second-order valence-corrected chi connectivity index (χ2v) is 9.33. The molecular weight excluding hydrogens is 264 g/mol. The molecule has 1 heterocycles. The Labute approximate surface area is 130 Å². The molecule has 5 atom stereocenters. The largest absolute Gasteiger partial charge is 0.317 e. The predicted molar refractivity (Wildman–Crippen MR) is 91.5 cm³/mol. The van der Waals surface area contributed by atoms with Gasteiger partial charge in [0.15, 0.2) is 0 Å². The molecule has 0 radical (unpaired) electrons. The zero-order valence-corrected chi connectivity index (χ0v) is 14.9. The van der Waals surface area contributed by atoms with Crippen molar-refractivity contribution in [3.05, 3.63) is 0 Å². The van der Waals surface area contributed by atoms with E-state index in [1.807, 2.05) is 0 Å². The Bertz CT molecular complexity index is 285. The van der Waals surface area contributed by atoms with E-state index >= 15 is 0 Å². The monoisotopic (exact) mass is 298 g/mol. The first kappa shape index (κ1) is 16.6. The molecule has 0 aromatic carbocycles. The van der Waals surface area contributed by atoms with E-state index in [4.69, 9.17) is 0 Å². The lowest BCUT2D eigenvalue weighted by Gasteiger charge is -2.42. The molecule has 0 spiro atoms. The minimum Gasteiger partial charge on any atom is -0.317 e. The van der Waals surface area contributed by atoms with Gasteiger partial charge < -0.3 is 10.2 Å². The molecule has 5 unspecified atom stereocenters. The van der Waals surface area contributed by atoms with E-state index < -0.39 is 0 Å². The van der Waals surface area contributed by atoms with Crippen molar-refractivity contribution in [2.75, 3.05) is 26.7 Å². The molecule has 0 bridgehead atoms. The summed E-state index contributed by atoms with van der Waals surface area (Å²) in [6, 6.07) is 0.741. The smallest absolute Gasteiger partial charge is 0.0149 e. The molecule has 118 valence electrons. The van der Waals surface area contributed by atoms with Crippen molar-refractivity contribution in [2.45, 2.75) is 63.5 Å². The van der Waals surface area contributed by atoms with Gasteiger partial charge in [-0.3, -0.25) is 0 Å². The molecule has 1 N–H and O–H groups in total. The van der Waals surface area contributed by atoms with Crippen LogP contribution in [-0.4, -0.2) is 48.1 Å². The van der Waals surface area contributed by atoms with Gasteiger partial charge in [0.05, 0.1) is 0 Å². The lowest BCUT2D eigenvalue weighted by atomic mass is 9.73. The highest BCUT2D eigenvalue weighted by atomic mass is 32.2. The van der Waals surface area contributed by atoms with Crippen LogP contribution in [0.15, 0.2) is 0 Å². The van der Waals surface area contributed by atoms with Crippen LogP contribution < -0.4 is 5.32 Å². The van der Waals surface area contributed by atoms with E-state index in [9.17, 15) is 0 Å². The number of thioether (sulfide) groups is 1. The molecule has 1 aliphatic carbocycles. The normalized spacial score (nSPS) is 40.2. The molecule has 2 fully saturated rings. The second kappa shape index (κ2) is 7.51. The Kier molecular flexibility index (Phi) is 6.25. The summed E-state index contributed by atoms with van der Waals surface area (Å²) in [5.41, 5.74) is 0. The average molecular weight is 299 g/mol. The standard InChI is InChI=1S/C17H34N2S/c1-12(2)15-6-7-17(18-5)16(8-15)11-19-9-13(3)20-14(4)10-19/h12-18H,6-11H2,1-5H3. The number of nitrogens with one attached hydrogen (secondary N) is 1. The Morgan fingerprint density at radius 3 is 2.35 bits per heavy atom. The molecule has 2 nitrogen and oxygen atoms in total. The van der Waals surface area contributed by atoms with E-state index in [1.165, 1.54) is 38.9 Å². The molecular formula is C17H34N2S. The maximum absolute atomic E-state index is 3.59. The summed E-state index contributed by atoms with van der Waals surface area (Å²) in [4.78, 5) is 2.74. The Balaban J connectivity index is 1.93. The summed E-state index contributed by atoms with van der Waals surface area (Å²) >= 11 is 2.16. The van der Waals surface area contributed by atoms with Crippen molar-refractivity contribution in [1.29, 1.82) is 0 Å². The van der Waals surface area contributed by atoms with Crippen molar-refractivity contribution in [1.82, 2.24) is 10.2 Å². The molecule has 1 saturated carbocycles. The summed E-state index contributed by atoms with van der Waals surface area (Å²) in [5, 5.41) is 5.20. The Morgan fingerprint density at radius 1 is 1.15 bits per heavy atom. The van der Waals surface area contributed by atoms with Gasteiger partial charge in [0.25, 0.3) is 0 Å². The van der Waals surface area contributed by atoms with Crippen LogP contribution in [-0.2, 0) is 0 Å². The molecule has 0 amide bonds. The van der Waals surface area contributed by atoms with Gasteiger partial charge in [-0.05, 0) is 44.1 Å². The highest BCUT2D eigenvalue weighted by molar-refractivity contribution is 8.00. The van der Waals surface area contributed by atoms with Crippen molar-refractivity contribution >= 4 is 11.8 Å². The maximum atomic E-state index is 3.59. The Hall–Kier alpha value is 0.270. The van der Waals surface area contributed by atoms with E-state index in [-0.39, 0.29) is 0 Å². The molecule has 2 aliphatic rings. The van der Waals surface area contributed by atoms with Crippen molar-refractivity contribution in [3.8, 4) is 0 Å². The summed E-state index contributed by atoms with van der Waals surface area (Å²) in [7, 11) is 2.16. The number of nitrogens with zero attached hydrogens (tertiary/aromatic N) is 1. The van der Waals surface area contributed by atoms with Gasteiger partial charge in [-0.15, -0.1) is 0 Å². The fourth-order valence-electron chi connectivity index (χ4n) is 4.25. The van der Waals surface area contributed by atoms with Crippen molar-refractivity contribution in [3.63, 3.8) is 0 Å². The first-order chi connectivity index (χ1) is 9.49. The van der Waals surface area contributed by atoms with Crippen LogP contribution in [0, 0.1) is 17.8 Å². The van der Waals surface area contributed by atoms with Crippen LogP contribution in [0.3, 0.4) is 0 Å². The summed E-state index contributed by atoms with van der Waals surface area (Å²) in [6.45, 7) is 13.5. The highest BCUT2D eigenvalue weighted by Crippen LogP contribution is 2.35. The van der Waals surface area contributed by atoms with E-state index in [1.54, 1.807) is 0 Å². The van der Waals surface area contributed by atoms with Gasteiger partial charge in [-0.1, -0.05) is 27.7 Å². The zero-order chi connectivity index (χ0) is 14.7. The first-order valence-electron chi connectivity index (χ1n) is 8.54. The quantitative estimate of drug-likeness (QED) is 0.855. The van der Waals surface area contributed by atoms with E-state index in [2.05, 4.69) is 56.7 Å². The minimum atomic E-state index is 0.741. The SMILES string of the molecule is CNC1CCC(C(C)C)CC1CN1CC(C)SC(C)C1. The van der Waals surface area contributed by atoms with Gasteiger partial charge in [0.1, 0.15) is 0 Å². The fraction of sp³-hybridized carbons (Fsp3) is 1.00. The van der Waals surface area contributed by atoms with Gasteiger partial charge in [-0.25, -0.2) is 0 Å². The van der Waals surface area contributed by atoms with Crippen molar-refractivity contribution in [2.24, 2.45) is 17.8 Å². The minimum absolute atomic E-state index is 0.741. The summed E-state index contributed by atoms with van der Waals surface area (Å²) in [5.74, 6) is 2.65. The predicted octanol–water partition coefficient (Wildman–Crippen LogP) is 3.47. The van der Waals surface area contributed by atoms with Crippen LogP contribution in [0.2, 0.25) is 0 Å². The molecule has 3 heteroatoms. The van der Waals surface area contributed by atoms with Crippen LogP contribution in [0.4, 0.5) is 0 Å². The second-order valence-electron chi connectivity index (χ2n) is 7.45. The third-order valence-corrected chi connectivity index (χ3v) is 6.55. The van der Waals surface area contributed by atoms with Crippen LogP contribution in [0.25, 0.3) is 0 Å². The molecule has 0 aromatic heterocycles.